The van der Waals surface area contributed by atoms with Gasteiger partial charge in [0.1, 0.15) is 53.2 Å². The van der Waals surface area contributed by atoms with E-state index in [2.05, 4.69) is 19.9 Å². The number of anilines is 1. The number of fused-ring (bicyclic) bond motifs is 4. The van der Waals surface area contributed by atoms with Crippen molar-refractivity contribution in [3.8, 4) is 23.0 Å². The number of hydrogen-bond acceptors (Lipinski definition) is 22. The van der Waals surface area contributed by atoms with Gasteiger partial charge in [0, 0.05) is 30.2 Å². The number of nitrogens with two attached hydrogens (primary N) is 1. The van der Waals surface area contributed by atoms with E-state index in [1.807, 2.05) is 0 Å². The Morgan fingerprint density at radius 3 is 1.88 bits per heavy atom. The Bertz CT molecular complexity index is 3450. The smallest absolute Gasteiger partial charge is 0.389 e. The second kappa shape index (κ2) is 21.9. The number of benzene rings is 4. The molecular weight excluding hydrogens is 1060 g/mol. The largest absolute Gasteiger partial charge is 0.508 e. The maximum atomic E-state index is 17.3. The highest BCUT2D eigenvalue weighted by Crippen LogP contribution is 2.67. The minimum Gasteiger partial charge on any atom is -0.508 e. The van der Waals surface area contributed by atoms with Gasteiger partial charge in [0.15, 0.2) is 30.1 Å². The number of carbonyl (C=O) groups is 2. The van der Waals surface area contributed by atoms with E-state index in [-0.39, 0.29) is 69.0 Å². The van der Waals surface area contributed by atoms with Gasteiger partial charge in [-0.25, -0.2) is 42.9 Å². The Balaban J connectivity index is 0.935. The number of phenolic OH excluding ortho intramolecular Hbond substituents is 2. The maximum absolute atomic E-state index is 17.3. The second-order valence-corrected chi connectivity index (χ2v) is 25.0. The van der Waals surface area contributed by atoms with Crippen LogP contribution in [0.2, 0.25) is 0 Å². The highest BCUT2D eigenvalue weighted by atomic mass is 32.7. The van der Waals surface area contributed by atoms with E-state index in [0.717, 1.165) is 28.3 Å². The molecule has 23 nitrogen and oxygen atoms in total. The lowest BCUT2D eigenvalue weighted by Crippen LogP contribution is -2.36. The molecule has 390 valence electrons. The van der Waals surface area contributed by atoms with Crippen LogP contribution in [0.4, 0.5) is 10.2 Å². The lowest BCUT2D eigenvalue weighted by atomic mass is 10.1. The van der Waals surface area contributed by atoms with Crippen molar-refractivity contribution < 1.29 is 70.4 Å². The maximum Gasteiger partial charge on any atom is 0.389 e. The summed E-state index contributed by atoms with van der Waals surface area (Å²) in [6.07, 6.45) is -7.12. The van der Waals surface area contributed by atoms with Gasteiger partial charge in [-0.05, 0) is 107 Å². The molecule has 3 aromatic heterocycles. The van der Waals surface area contributed by atoms with Gasteiger partial charge in [-0.15, -0.1) is 0 Å². The number of nitrogens with one attached hydrogen (secondary N) is 1. The van der Waals surface area contributed by atoms with Crippen molar-refractivity contribution in [1.82, 2.24) is 29.1 Å². The van der Waals surface area contributed by atoms with Crippen LogP contribution < -0.4 is 26.5 Å². The minimum absolute atomic E-state index is 0.00579. The molecule has 3 aliphatic heterocycles. The number of aromatic amines is 1. The number of ether oxygens (including phenoxy) is 4. The molecule has 0 aliphatic carbocycles. The van der Waals surface area contributed by atoms with Crippen LogP contribution in [0.15, 0.2) is 132 Å². The molecule has 0 radical (unpaired) electrons. The molecule has 3 saturated heterocycles. The quantitative estimate of drug-likeness (QED) is 0.0532. The first kappa shape index (κ1) is 51.8. The van der Waals surface area contributed by atoms with Crippen LogP contribution in [-0.4, -0.2) is 95.0 Å². The Kier molecular flexibility index (Phi) is 15.1. The number of aromatic hydroxyl groups is 2. The number of imidazole rings is 1. The minimum atomic E-state index is -4.54. The molecule has 0 saturated carbocycles. The van der Waals surface area contributed by atoms with Crippen LogP contribution in [0.25, 0.3) is 11.2 Å². The molecule has 7 aromatic rings. The number of rotatable bonds is 12. The zero-order chi connectivity index (χ0) is 52.4. The predicted octanol–water partition coefficient (Wildman–Crippen LogP) is 7.23. The van der Waals surface area contributed by atoms with E-state index >= 15 is 13.5 Å². The van der Waals surface area contributed by atoms with Crippen molar-refractivity contribution in [2.75, 3.05) is 18.9 Å². The lowest BCUT2D eigenvalue weighted by molar-refractivity contribution is -0.0586. The molecule has 28 heteroatoms. The van der Waals surface area contributed by atoms with Crippen LogP contribution in [-0.2, 0) is 48.2 Å². The summed E-state index contributed by atoms with van der Waals surface area (Å²) in [5, 5.41) is 19.2. The van der Waals surface area contributed by atoms with Gasteiger partial charge in [-0.1, -0.05) is 24.3 Å². The van der Waals surface area contributed by atoms with Crippen LogP contribution in [0.5, 0.6) is 23.0 Å². The third-order valence-corrected chi connectivity index (χ3v) is 19.1. The molecule has 2 unspecified atom stereocenters. The van der Waals surface area contributed by atoms with Crippen molar-refractivity contribution in [2.24, 2.45) is 0 Å². The number of esters is 2. The molecule has 3 fully saturated rings. The molecule has 4 aromatic carbocycles. The molecule has 2 bridgehead atoms. The number of H-pyrrole nitrogens is 1. The van der Waals surface area contributed by atoms with Gasteiger partial charge < -0.3 is 34.9 Å². The van der Waals surface area contributed by atoms with Gasteiger partial charge in [-0.3, -0.25) is 37.0 Å². The highest BCUT2D eigenvalue weighted by Gasteiger charge is 2.53. The molecule has 6 heterocycles. The van der Waals surface area contributed by atoms with Crippen LogP contribution in [0.3, 0.4) is 0 Å². The lowest BCUT2D eigenvalue weighted by Gasteiger charge is -2.28. The molecular formula is C47H42FN7O16P2S2. The van der Waals surface area contributed by atoms with E-state index in [4.69, 9.17) is 42.8 Å². The summed E-state index contributed by atoms with van der Waals surface area (Å²) in [6.45, 7) is -10.2. The van der Waals surface area contributed by atoms with Crippen molar-refractivity contribution >= 4 is 65.3 Å². The average Bonchev–Trinajstić information content (AvgIpc) is 4.10. The number of aromatic nitrogens is 6. The summed E-state index contributed by atoms with van der Waals surface area (Å²) in [5.74, 6) is -1.11. The standard InChI is InChI=1S/C47H42FN7O16P2S2/c48-38-40-36(69-44(38)55-25-52-39-41(49)50-24-51-42(39)55)21-65-72(62,74-22-26-1-13-32(14-2-26)67-45(59)28-5-9-30(56)10-6-28)70-35-19-34(66-43(35)54-18-17-37(58)53-47(54)61)20-64-73(63,71-40)75-23-27-3-15-33(16-4-27)68-46(60)29-7-11-31(57)12-8-29/h1-18,24-25,34-36,38,40,43-44,56-57H,19-23H2,(H2,49,50,51)(H,53,58,61)/t34-,35+,36+,38+,40+,43+,44+,72?,73?/m0/s1. The zero-order valence-corrected chi connectivity index (χ0v) is 42.1. The zero-order valence-electron chi connectivity index (χ0n) is 38.6. The topological polar surface area (TPSA) is 307 Å². The van der Waals surface area contributed by atoms with E-state index in [1.54, 1.807) is 24.3 Å². The number of halogens is 1. The van der Waals surface area contributed by atoms with E-state index in [9.17, 15) is 29.4 Å². The van der Waals surface area contributed by atoms with Crippen molar-refractivity contribution in [2.45, 2.75) is 61.0 Å². The fourth-order valence-electron chi connectivity index (χ4n) is 8.02. The molecule has 5 N–H and O–H groups in total. The molecule has 3 aliphatic rings. The summed E-state index contributed by atoms with van der Waals surface area (Å²) in [4.78, 5) is 65.4. The third kappa shape index (κ3) is 11.9. The highest BCUT2D eigenvalue weighted by molar-refractivity contribution is 8.55. The number of nitrogens with zero attached hydrogens (tertiary/aromatic N) is 5. The van der Waals surface area contributed by atoms with Crippen molar-refractivity contribution in [3.63, 3.8) is 0 Å². The Hall–Kier alpha value is -6.70. The average molecular weight is 1110 g/mol. The Morgan fingerprint density at radius 2 is 1.29 bits per heavy atom. The van der Waals surface area contributed by atoms with Gasteiger partial charge in [0.05, 0.1) is 36.8 Å². The summed E-state index contributed by atoms with van der Waals surface area (Å²) < 4.78 is 98.3. The summed E-state index contributed by atoms with van der Waals surface area (Å²) in [7, 11) is 0. The Labute approximate surface area is 431 Å². The van der Waals surface area contributed by atoms with E-state index < -0.39 is 93.0 Å². The Morgan fingerprint density at radius 1 is 0.720 bits per heavy atom. The monoisotopic (exact) mass is 1110 g/mol. The first-order valence-electron chi connectivity index (χ1n) is 22.6. The third-order valence-electron chi connectivity index (χ3n) is 11.8. The number of alkyl halides is 1. The second-order valence-electron chi connectivity index (χ2n) is 16.9. The fraction of sp³-hybridized carbons (Fsp3) is 0.255. The summed E-state index contributed by atoms with van der Waals surface area (Å²) >= 11 is 1.43. The summed E-state index contributed by atoms with van der Waals surface area (Å²) in [6, 6.07) is 24.6. The number of carbonyl (C=O) groups excluding carboxylic acids is 2. The van der Waals surface area contributed by atoms with Crippen LogP contribution >= 0.6 is 36.4 Å². The van der Waals surface area contributed by atoms with Crippen LogP contribution in [0, 0.1) is 0 Å². The van der Waals surface area contributed by atoms with Gasteiger partial charge >= 0.3 is 31.2 Å². The number of phenols is 2. The first-order valence-corrected chi connectivity index (χ1v) is 28.9. The van der Waals surface area contributed by atoms with Gasteiger partial charge in [0.25, 0.3) is 5.56 Å². The van der Waals surface area contributed by atoms with Gasteiger partial charge in [0.2, 0.25) is 0 Å². The predicted molar refractivity (Wildman–Crippen MR) is 267 cm³/mol. The van der Waals surface area contributed by atoms with Gasteiger partial charge in [-0.2, -0.15) is 0 Å². The molecule has 0 spiro atoms. The first-order chi connectivity index (χ1) is 36.1. The van der Waals surface area contributed by atoms with Crippen LogP contribution in [0.1, 0.15) is 50.7 Å². The molecule has 10 rings (SSSR count). The normalized spacial score (nSPS) is 25.9. The van der Waals surface area contributed by atoms with E-state index in [0.29, 0.717) is 22.5 Å². The van der Waals surface area contributed by atoms with Crippen molar-refractivity contribution in [1.29, 1.82) is 0 Å². The number of nitrogen functional groups attached to an aromatic ring is 1. The van der Waals surface area contributed by atoms with Crippen molar-refractivity contribution in [3.05, 3.63) is 165 Å². The number of hydrogen-bond donors (Lipinski definition) is 4. The summed E-state index contributed by atoms with van der Waals surface area (Å²) in [5.41, 5.74) is 6.22. The molecule has 9 atom stereocenters. The van der Waals surface area contributed by atoms with E-state index in [1.165, 1.54) is 89.9 Å². The fourth-order valence-corrected chi connectivity index (χ4v) is 14.8. The molecule has 0 amide bonds. The SMILES string of the molecule is Nc1ncnc2c1ncn2[C@@H]1O[C@@H]2COP(=O)(SCc3ccc(OC(=O)c4ccc(O)cc4)cc3)O[C@@H]3C[C@@H](COP(=O)(SCc4ccc(OC(=O)c5ccc(O)cc5)cc4)O[C@H]2[C@H]1F)O[C@H]3n1ccc(=O)[nH]c1=O. The molecule has 75 heavy (non-hydrogen) atoms.